The van der Waals surface area contributed by atoms with Crippen molar-refractivity contribution < 1.29 is 9.53 Å². The van der Waals surface area contributed by atoms with Crippen LogP contribution in [0, 0.1) is 11.3 Å². The van der Waals surface area contributed by atoms with Gasteiger partial charge in [-0.2, -0.15) is 5.26 Å². The van der Waals surface area contributed by atoms with E-state index in [0.29, 0.717) is 6.54 Å². The Bertz CT molecular complexity index is 435. The molecule has 88 valence electrons. The van der Waals surface area contributed by atoms with E-state index in [0.717, 1.165) is 5.56 Å². The summed E-state index contributed by atoms with van der Waals surface area (Å²) in [6.45, 7) is 2.44. The number of carbonyl (C=O) groups is 1. The smallest absolute Gasteiger partial charge is 0.350 e. The van der Waals surface area contributed by atoms with E-state index in [1.807, 2.05) is 12.1 Å². The molecule has 1 aromatic rings. The van der Waals surface area contributed by atoms with Gasteiger partial charge >= 0.3 is 5.97 Å². The maximum Gasteiger partial charge on any atom is 0.350 e. The summed E-state index contributed by atoms with van der Waals surface area (Å²) in [5, 5.41) is 11.6. The highest BCUT2D eigenvalue weighted by atomic mass is 16.5. The SMILES string of the molecule is CCOC(=O)C(C#N)=CNCc1cccnc1. The number of nitrogens with one attached hydrogen (secondary N) is 1. The highest BCUT2D eigenvalue weighted by Gasteiger charge is 2.08. The molecule has 0 atom stereocenters. The fourth-order valence-electron chi connectivity index (χ4n) is 1.12. The van der Waals surface area contributed by atoms with Gasteiger partial charge in [-0.15, -0.1) is 0 Å². The van der Waals surface area contributed by atoms with Crippen LogP contribution in [-0.4, -0.2) is 17.6 Å². The Morgan fingerprint density at radius 3 is 3.12 bits per heavy atom. The number of nitriles is 1. The number of nitrogens with zero attached hydrogens (tertiary/aromatic N) is 2. The summed E-state index contributed by atoms with van der Waals surface area (Å²) in [5.41, 5.74) is 0.917. The molecule has 0 spiro atoms. The van der Waals surface area contributed by atoms with Crippen molar-refractivity contribution in [2.45, 2.75) is 13.5 Å². The predicted octanol–water partition coefficient (Wildman–Crippen LogP) is 1.14. The normalized spacial score (nSPS) is 10.5. The lowest BCUT2D eigenvalue weighted by molar-refractivity contribution is -0.138. The van der Waals surface area contributed by atoms with Gasteiger partial charge in [-0.3, -0.25) is 4.98 Å². The molecule has 0 amide bonds. The Hall–Kier alpha value is -2.35. The minimum atomic E-state index is -0.617. The third-order valence-electron chi connectivity index (χ3n) is 1.89. The fourth-order valence-corrected chi connectivity index (χ4v) is 1.12. The van der Waals surface area contributed by atoms with Crippen molar-refractivity contribution in [3.63, 3.8) is 0 Å². The van der Waals surface area contributed by atoms with Gasteiger partial charge in [0.15, 0.2) is 5.57 Å². The average molecular weight is 231 g/mol. The van der Waals surface area contributed by atoms with E-state index in [2.05, 4.69) is 10.3 Å². The van der Waals surface area contributed by atoms with Crippen LogP contribution in [0.25, 0.3) is 0 Å². The number of ether oxygens (including phenoxy) is 1. The van der Waals surface area contributed by atoms with Crippen molar-refractivity contribution in [1.29, 1.82) is 5.26 Å². The maximum absolute atomic E-state index is 11.3. The Balaban J connectivity index is 2.52. The molecule has 1 N–H and O–H groups in total. The molecular formula is C12H13N3O2. The van der Waals surface area contributed by atoms with Gasteiger partial charge in [-0.05, 0) is 18.6 Å². The molecule has 17 heavy (non-hydrogen) atoms. The molecule has 0 unspecified atom stereocenters. The van der Waals surface area contributed by atoms with Crippen LogP contribution in [0.1, 0.15) is 12.5 Å². The fraction of sp³-hybridized carbons (Fsp3) is 0.250. The molecule has 0 radical (unpaired) electrons. The molecule has 0 fully saturated rings. The summed E-state index contributed by atoms with van der Waals surface area (Å²) < 4.78 is 4.72. The third kappa shape index (κ3) is 4.34. The topological polar surface area (TPSA) is 75.0 Å². The molecule has 0 saturated heterocycles. The van der Waals surface area contributed by atoms with E-state index in [-0.39, 0.29) is 12.2 Å². The lowest BCUT2D eigenvalue weighted by atomic mass is 10.3. The van der Waals surface area contributed by atoms with Gasteiger partial charge in [0.05, 0.1) is 6.61 Å². The molecule has 1 rings (SSSR count). The van der Waals surface area contributed by atoms with E-state index in [1.165, 1.54) is 6.20 Å². The zero-order chi connectivity index (χ0) is 12.5. The molecule has 0 aliphatic carbocycles. The van der Waals surface area contributed by atoms with Crippen LogP contribution in [0.5, 0.6) is 0 Å². The lowest BCUT2D eigenvalue weighted by Gasteiger charge is -2.02. The van der Waals surface area contributed by atoms with Crippen molar-refractivity contribution in [1.82, 2.24) is 10.3 Å². The van der Waals surface area contributed by atoms with Crippen LogP contribution in [0.3, 0.4) is 0 Å². The molecule has 0 aliphatic rings. The molecule has 1 heterocycles. The highest BCUT2D eigenvalue weighted by Crippen LogP contribution is 1.97. The number of carbonyl (C=O) groups excluding carboxylic acids is 1. The number of pyridine rings is 1. The highest BCUT2D eigenvalue weighted by molar-refractivity contribution is 5.92. The van der Waals surface area contributed by atoms with Gasteiger partial charge in [0, 0.05) is 25.1 Å². The van der Waals surface area contributed by atoms with Gasteiger partial charge in [0.1, 0.15) is 6.07 Å². The van der Waals surface area contributed by atoms with Gasteiger partial charge in [-0.1, -0.05) is 6.07 Å². The lowest BCUT2D eigenvalue weighted by Crippen LogP contribution is -2.12. The predicted molar refractivity (Wildman–Crippen MR) is 61.4 cm³/mol. The Morgan fingerprint density at radius 2 is 2.53 bits per heavy atom. The number of esters is 1. The van der Waals surface area contributed by atoms with Crippen molar-refractivity contribution in [3.05, 3.63) is 41.9 Å². The van der Waals surface area contributed by atoms with E-state index in [9.17, 15) is 4.79 Å². The largest absolute Gasteiger partial charge is 0.462 e. The summed E-state index contributed by atoms with van der Waals surface area (Å²) in [4.78, 5) is 15.2. The number of rotatable bonds is 5. The molecular weight excluding hydrogens is 218 g/mol. The quantitative estimate of drug-likeness (QED) is 0.467. The average Bonchev–Trinajstić information content (AvgIpc) is 2.36. The second-order valence-corrected chi connectivity index (χ2v) is 3.13. The van der Waals surface area contributed by atoms with E-state index in [1.54, 1.807) is 25.4 Å². The van der Waals surface area contributed by atoms with Crippen molar-refractivity contribution in [3.8, 4) is 6.07 Å². The Kier molecular flexibility index (Phi) is 5.25. The third-order valence-corrected chi connectivity index (χ3v) is 1.89. The van der Waals surface area contributed by atoms with Crippen molar-refractivity contribution in [2.24, 2.45) is 0 Å². The standard InChI is InChI=1S/C12H13N3O2/c1-2-17-12(16)11(6-13)9-15-8-10-4-3-5-14-7-10/h3-5,7,9,15H,2,8H2,1H3. The molecule has 0 aromatic carbocycles. The van der Waals surface area contributed by atoms with Crippen molar-refractivity contribution >= 4 is 5.97 Å². The zero-order valence-electron chi connectivity index (χ0n) is 9.51. The molecule has 1 aromatic heterocycles. The monoisotopic (exact) mass is 231 g/mol. The molecule has 0 saturated carbocycles. The summed E-state index contributed by atoms with van der Waals surface area (Å²) in [7, 11) is 0. The van der Waals surface area contributed by atoms with Gasteiger partial charge < -0.3 is 10.1 Å². The second kappa shape index (κ2) is 7.01. The van der Waals surface area contributed by atoms with Gasteiger partial charge in [0.25, 0.3) is 0 Å². The van der Waals surface area contributed by atoms with Gasteiger partial charge in [0.2, 0.25) is 0 Å². The minimum Gasteiger partial charge on any atom is -0.462 e. The van der Waals surface area contributed by atoms with E-state index < -0.39 is 5.97 Å². The van der Waals surface area contributed by atoms with Crippen LogP contribution in [0.15, 0.2) is 36.3 Å². The second-order valence-electron chi connectivity index (χ2n) is 3.13. The van der Waals surface area contributed by atoms with Crippen molar-refractivity contribution in [2.75, 3.05) is 6.61 Å². The summed E-state index contributed by atoms with van der Waals surface area (Å²) in [6.07, 6.45) is 4.74. The number of hydrogen-bond acceptors (Lipinski definition) is 5. The number of hydrogen-bond donors (Lipinski definition) is 1. The summed E-state index contributed by atoms with van der Waals surface area (Å²) >= 11 is 0. The van der Waals surface area contributed by atoms with Crippen LogP contribution in [0.2, 0.25) is 0 Å². The van der Waals surface area contributed by atoms with Crippen LogP contribution < -0.4 is 5.32 Å². The van der Waals surface area contributed by atoms with E-state index >= 15 is 0 Å². The maximum atomic E-state index is 11.3. The molecule has 0 bridgehead atoms. The Labute approximate surface area is 99.7 Å². The van der Waals surface area contributed by atoms with E-state index in [4.69, 9.17) is 10.00 Å². The summed E-state index contributed by atoms with van der Waals surface area (Å²) in [6, 6.07) is 5.49. The van der Waals surface area contributed by atoms with Crippen LogP contribution in [0.4, 0.5) is 0 Å². The summed E-state index contributed by atoms with van der Waals surface area (Å²) in [5.74, 6) is -0.617. The molecule has 5 heteroatoms. The molecule has 0 aliphatic heterocycles. The first-order valence-electron chi connectivity index (χ1n) is 5.17. The van der Waals surface area contributed by atoms with Crippen LogP contribution in [-0.2, 0) is 16.1 Å². The molecule has 5 nitrogen and oxygen atoms in total. The first-order valence-corrected chi connectivity index (χ1v) is 5.17. The van der Waals surface area contributed by atoms with Crippen LogP contribution >= 0.6 is 0 Å². The number of aromatic nitrogens is 1. The first kappa shape index (κ1) is 12.7. The van der Waals surface area contributed by atoms with Gasteiger partial charge in [-0.25, -0.2) is 4.79 Å². The Morgan fingerprint density at radius 1 is 1.71 bits per heavy atom. The first-order chi connectivity index (χ1) is 8.27. The zero-order valence-corrected chi connectivity index (χ0v) is 9.51. The minimum absolute atomic E-state index is 0.0456.